The quantitative estimate of drug-likeness (QED) is 0.348. The average molecular weight is 565 g/mol. The van der Waals surface area contributed by atoms with Gasteiger partial charge in [0, 0.05) is 85.4 Å². The van der Waals surface area contributed by atoms with Crippen molar-refractivity contribution in [3.63, 3.8) is 0 Å². The number of methoxy groups -OCH3 is 1. The van der Waals surface area contributed by atoms with E-state index in [1.807, 2.05) is 12.1 Å². The van der Waals surface area contributed by atoms with Crippen molar-refractivity contribution in [3.05, 3.63) is 58.8 Å². The van der Waals surface area contributed by atoms with Crippen LogP contribution in [-0.2, 0) is 6.54 Å². The summed E-state index contributed by atoms with van der Waals surface area (Å²) in [6.45, 7) is 5.65. The average Bonchev–Trinajstić information content (AvgIpc) is 3.21. The fraction of sp³-hybridized carbons (Fsp3) is 0.348. The number of hydrogen-bond acceptors (Lipinski definition) is 6. The number of rotatable bonds is 6. The zero-order valence-electron chi connectivity index (χ0n) is 18.5. The molecule has 3 aromatic rings. The molecule has 2 aromatic carbocycles. The molecule has 1 fully saturated rings. The summed E-state index contributed by atoms with van der Waals surface area (Å²) < 4.78 is 8.01. The van der Waals surface area contributed by atoms with Gasteiger partial charge in [0.1, 0.15) is 5.75 Å². The molecule has 0 saturated carbocycles. The standard InChI is InChI=1S/C23H28IN5O2S/c1-14-10-21(31-3)18(16-6-7-29(32-24)22(14)16)12-28-9-8-27(2)13-20(28)15-4-5-17(23(26)30)19(25)11-15/h4-7,10-11,20H,8-9,12-13,25H2,1-3H3,(H2,26,30). The predicted octanol–water partition coefficient (Wildman–Crippen LogP) is 3.97. The van der Waals surface area contributed by atoms with Gasteiger partial charge in [0.05, 0.1) is 18.2 Å². The summed E-state index contributed by atoms with van der Waals surface area (Å²) in [5, 5.41) is 1.22. The highest BCUT2D eigenvalue weighted by Gasteiger charge is 2.29. The molecule has 0 spiro atoms. The molecule has 0 bridgehead atoms. The number of hydrogen-bond donors (Lipinski definition) is 2. The topological polar surface area (TPSA) is 89.8 Å². The Labute approximate surface area is 204 Å². The second-order valence-electron chi connectivity index (χ2n) is 8.31. The van der Waals surface area contributed by atoms with Gasteiger partial charge in [0.2, 0.25) is 0 Å². The molecule has 1 aliphatic heterocycles. The smallest absolute Gasteiger partial charge is 0.250 e. The first-order chi connectivity index (χ1) is 15.3. The van der Waals surface area contributed by atoms with Crippen LogP contribution in [0.1, 0.15) is 33.1 Å². The number of aromatic nitrogens is 1. The van der Waals surface area contributed by atoms with Crippen LogP contribution in [0.2, 0.25) is 0 Å². The number of benzene rings is 2. The lowest BCUT2D eigenvalue weighted by atomic mass is 9.97. The van der Waals surface area contributed by atoms with E-state index in [4.69, 9.17) is 16.2 Å². The Morgan fingerprint density at radius 3 is 2.72 bits per heavy atom. The minimum atomic E-state index is -0.504. The monoisotopic (exact) mass is 565 g/mol. The lowest BCUT2D eigenvalue weighted by Crippen LogP contribution is -2.46. The third-order valence-electron chi connectivity index (χ3n) is 6.27. The summed E-state index contributed by atoms with van der Waals surface area (Å²) in [6, 6.07) is 10.0. The van der Waals surface area contributed by atoms with Gasteiger partial charge in [-0.15, -0.1) is 0 Å². The van der Waals surface area contributed by atoms with Crippen molar-refractivity contribution in [2.24, 2.45) is 5.73 Å². The summed E-state index contributed by atoms with van der Waals surface area (Å²) in [5.41, 5.74) is 17.1. The fourth-order valence-corrected chi connectivity index (χ4v) is 6.01. The maximum Gasteiger partial charge on any atom is 0.250 e. The van der Waals surface area contributed by atoms with Crippen LogP contribution in [0.5, 0.6) is 5.75 Å². The van der Waals surface area contributed by atoms with Gasteiger partial charge in [-0.25, -0.2) is 0 Å². The van der Waals surface area contributed by atoms with Crippen LogP contribution in [-0.4, -0.2) is 53.5 Å². The van der Waals surface area contributed by atoms with E-state index in [0.29, 0.717) is 11.3 Å². The number of primary amides is 1. The molecule has 1 unspecified atom stereocenters. The third-order valence-corrected chi connectivity index (χ3v) is 8.00. The van der Waals surface area contributed by atoms with Gasteiger partial charge >= 0.3 is 0 Å². The number of fused-ring (bicyclic) bond motifs is 1. The highest BCUT2D eigenvalue weighted by Crippen LogP contribution is 2.38. The Kier molecular flexibility index (Phi) is 6.89. The number of nitrogens with two attached hydrogens (primary N) is 2. The first-order valence-electron chi connectivity index (χ1n) is 10.4. The van der Waals surface area contributed by atoms with Gasteiger partial charge in [-0.3, -0.25) is 13.7 Å². The molecule has 1 amide bonds. The van der Waals surface area contributed by atoms with E-state index in [2.05, 4.69) is 67.3 Å². The van der Waals surface area contributed by atoms with Crippen LogP contribution in [0.4, 0.5) is 5.69 Å². The second kappa shape index (κ2) is 9.50. The lowest BCUT2D eigenvalue weighted by molar-refractivity contribution is 0.0830. The fourth-order valence-electron chi connectivity index (χ4n) is 4.61. The van der Waals surface area contributed by atoms with Gasteiger partial charge in [-0.1, -0.05) is 6.07 Å². The molecule has 1 atom stereocenters. The molecule has 4 rings (SSSR count). The minimum absolute atomic E-state index is 0.139. The number of nitrogens with zero attached hydrogens (tertiary/aromatic N) is 3. The van der Waals surface area contributed by atoms with Crippen molar-refractivity contribution in [2.75, 3.05) is 39.5 Å². The first kappa shape index (κ1) is 23.2. The van der Waals surface area contributed by atoms with Crippen LogP contribution < -0.4 is 16.2 Å². The van der Waals surface area contributed by atoms with Gasteiger partial charge in [-0.05, 0) is 49.4 Å². The second-order valence-corrected chi connectivity index (χ2v) is 10.0. The van der Waals surface area contributed by atoms with Crippen LogP contribution >= 0.6 is 30.3 Å². The number of likely N-dealkylation sites (N-methyl/N-ethyl adjacent to an activating group) is 1. The van der Waals surface area contributed by atoms with E-state index in [1.54, 1.807) is 22.3 Å². The number of aryl methyl sites for hydroxylation is 1. The molecule has 1 saturated heterocycles. The molecular weight excluding hydrogens is 537 g/mol. The molecule has 0 radical (unpaired) electrons. The van der Waals surface area contributed by atoms with Crippen molar-refractivity contribution in [1.29, 1.82) is 0 Å². The largest absolute Gasteiger partial charge is 0.496 e. The molecule has 1 aliphatic rings. The number of piperazine rings is 1. The molecule has 2 heterocycles. The lowest BCUT2D eigenvalue weighted by Gasteiger charge is -2.40. The van der Waals surface area contributed by atoms with Crippen LogP contribution in [0.3, 0.4) is 0 Å². The molecule has 1 aromatic heterocycles. The molecular formula is C23H28IN5O2S. The highest BCUT2D eigenvalue weighted by atomic mass is 127. The van der Waals surface area contributed by atoms with Gasteiger partial charge in [0.15, 0.2) is 0 Å². The SMILES string of the molecule is COc1cc(C)c2c(ccn2SI)c1CN1CCN(C)CC1c1ccc(C(N)=O)c(N)c1. The van der Waals surface area contributed by atoms with Gasteiger partial charge in [0.25, 0.3) is 5.91 Å². The zero-order chi connectivity index (χ0) is 23.0. The van der Waals surface area contributed by atoms with Crippen LogP contribution in [0, 0.1) is 6.92 Å². The number of anilines is 1. The molecule has 170 valence electrons. The van der Waals surface area contributed by atoms with Crippen LogP contribution in [0.25, 0.3) is 10.9 Å². The molecule has 7 nitrogen and oxygen atoms in total. The van der Waals surface area contributed by atoms with Crippen molar-refractivity contribution in [2.45, 2.75) is 19.5 Å². The zero-order valence-corrected chi connectivity index (χ0v) is 21.4. The summed E-state index contributed by atoms with van der Waals surface area (Å²) in [5.74, 6) is 0.406. The molecule has 9 heteroatoms. The normalized spacial score (nSPS) is 17.7. The number of ether oxygens (including phenoxy) is 1. The molecule has 0 aliphatic carbocycles. The third kappa shape index (κ3) is 4.30. The number of nitrogen functional groups attached to an aromatic ring is 1. The Morgan fingerprint density at radius 1 is 1.28 bits per heavy atom. The van der Waals surface area contributed by atoms with E-state index in [1.165, 1.54) is 22.0 Å². The summed E-state index contributed by atoms with van der Waals surface area (Å²) in [7, 11) is 5.53. The number of carbonyl (C=O) groups is 1. The van der Waals surface area contributed by atoms with E-state index < -0.39 is 5.91 Å². The van der Waals surface area contributed by atoms with Crippen molar-refractivity contribution in [3.8, 4) is 5.75 Å². The Bertz CT molecular complexity index is 1160. The van der Waals surface area contributed by atoms with Crippen molar-refractivity contribution in [1.82, 2.24) is 13.8 Å². The Hall–Kier alpha value is -1.95. The molecule has 4 N–H and O–H groups in total. The number of amides is 1. The predicted molar refractivity (Wildman–Crippen MR) is 140 cm³/mol. The van der Waals surface area contributed by atoms with Crippen molar-refractivity contribution < 1.29 is 9.53 Å². The maximum absolute atomic E-state index is 11.6. The Balaban J connectivity index is 1.75. The first-order valence-corrected chi connectivity index (χ1v) is 13.7. The Morgan fingerprint density at radius 2 is 2.06 bits per heavy atom. The van der Waals surface area contributed by atoms with E-state index in [9.17, 15) is 4.79 Å². The number of carbonyl (C=O) groups excluding carboxylic acids is 1. The summed E-state index contributed by atoms with van der Waals surface area (Å²) in [4.78, 5) is 16.4. The summed E-state index contributed by atoms with van der Waals surface area (Å²) in [6.07, 6.45) is 2.11. The summed E-state index contributed by atoms with van der Waals surface area (Å²) >= 11 is 2.31. The van der Waals surface area contributed by atoms with E-state index in [0.717, 1.165) is 37.5 Å². The highest BCUT2D eigenvalue weighted by molar-refractivity contribution is 14.2. The maximum atomic E-state index is 11.6. The van der Waals surface area contributed by atoms with Crippen molar-refractivity contribution >= 4 is 52.8 Å². The van der Waals surface area contributed by atoms with E-state index >= 15 is 0 Å². The molecule has 32 heavy (non-hydrogen) atoms. The minimum Gasteiger partial charge on any atom is -0.496 e. The van der Waals surface area contributed by atoms with Gasteiger partial charge in [-0.2, -0.15) is 0 Å². The van der Waals surface area contributed by atoms with E-state index in [-0.39, 0.29) is 6.04 Å². The van der Waals surface area contributed by atoms with Crippen LogP contribution in [0.15, 0.2) is 36.5 Å². The number of halogens is 1. The van der Waals surface area contributed by atoms with Gasteiger partial charge < -0.3 is 21.1 Å².